The zero-order valence-corrected chi connectivity index (χ0v) is 21.9. The van der Waals surface area contributed by atoms with Gasteiger partial charge in [0.25, 0.3) is 5.91 Å². The molecule has 12 nitrogen and oxygen atoms in total. The molecule has 0 spiro atoms. The van der Waals surface area contributed by atoms with Crippen LogP contribution >= 0.6 is 48.8 Å². The van der Waals surface area contributed by atoms with Gasteiger partial charge in [0, 0.05) is 18.8 Å². The van der Waals surface area contributed by atoms with Crippen LogP contribution in [0.4, 0.5) is 17.3 Å². The molecule has 0 aliphatic carbocycles. The summed E-state index contributed by atoms with van der Waals surface area (Å²) in [6.07, 6.45) is 2.60. The zero-order chi connectivity index (χ0) is 23.5. The maximum absolute atomic E-state index is 12.2. The minimum absolute atomic E-state index is 0. The molecule has 196 valence electrons. The lowest BCUT2D eigenvalue weighted by Gasteiger charge is -2.07. The van der Waals surface area contributed by atoms with Gasteiger partial charge in [-0.15, -0.1) is 37.2 Å². The molecule has 1 aromatic heterocycles. The molecular weight excluding hydrogens is 540 g/mol. The van der Waals surface area contributed by atoms with Gasteiger partial charge in [-0.1, -0.05) is 23.7 Å². The highest BCUT2D eigenvalue weighted by Gasteiger charge is 2.16. The Labute approximate surface area is 227 Å². The number of nitrogen functional groups attached to an aromatic ring is 2. The molecule has 2 rings (SSSR count). The van der Waals surface area contributed by atoms with E-state index < -0.39 is 5.91 Å². The number of nitrogens with one attached hydrogen (secondary N) is 2. The molecule has 0 fully saturated rings. The van der Waals surface area contributed by atoms with Gasteiger partial charge in [-0.05, 0) is 37.0 Å². The van der Waals surface area contributed by atoms with Crippen molar-refractivity contribution in [1.29, 1.82) is 0 Å². The van der Waals surface area contributed by atoms with Gasteiger partial charge in [-0.3, -0.25) is 20.1 Å². The van der Waals surface area contributed by atoms with Gasteiger partial charge in [0.15, 0.2) is 34.4 Å². The molecule has 0 saturated heterocycles. The number of anilines is 3. The number of halogens is 4. The maximum atomic E-state index is 12.2. The average Bonchev–Trinajstić information content (AvgIpc) is 2.74. The number of carbonyl (C=O) groups excluding carboxylic acids is 1. The van der Waals surface area contributed by atoms with E-state index in [0.717, 1.165) is 24.9 Å². The smallest absolute Gasteiger partial charge is 0.280 e. The minimum Gasteiger partial charge on any atom is -0.383 e. The average molecular weight is 571 g/mol. The lowest BCUT2D eigenvalue weighted by Crippen LogP contribution is -2.38. The molecule has 16 heteroatoms. The summed E-state index contributed by atoms with van der Waals surface area (Å²) in [7, 11) is 0. The third-order valence-corrected chi connectivity index (χ3v) is 4.48. The molecule has 0 bridgehead atoms. The Morgan fingerprint density at radius 1 is 0.914 bits per heavy atom. The summed E-state index contributed by atoms with van der Waals surface area (Å²) >= 11 is 5.77. The molecule has 1 amide bonds. The number of amides is 1. The van der Waals surface area contributed by atoms with E-state index in [-0.39, 0.29) is 71.6 Å². The van der Waals surface area contributed by atoms with Crippen LogP contribution < -0.4 is 39.3 Å². The molecule has 1 heterocycles. The second-order valence-corrected chi connectivity index (χ2v) is 7.10. The third-order valence-electron chi connectivity index (χ3n) is 4.21. The van der Waals surface area contributed by atoms with Crippen LogP contribution in [0.25, 0.3) is 0 Å². The number of hydrogen-bond donors (Lipinski definition) is 7. The highest BCUT2D eigenvalue weighted by Crippen LogP contribution is 2.17. The number of aryl methyl sites for hydroxylation is 1. The number of guanidine groups is 2. The van der Waals surface area contributed by atoms with Gasteiger partial charge in [-0.25, -0.2) is 9.97 Å². The van der Waals surface area contributed by atoms with Crippen LogP contribution in [0, 0.1) is 0 Å². The molecule has 0 aliphatic heterocycles. The molecule has 0 atom stereocenters. The van der Waals surface area contributed by atoms with Crippen molar-refractivity contribution in [3.63, 3.8) is 0 Å². The van der Waals surface area contributed by atoms with Gasteiger partial charge in [0.2, 0.25) is 0 Å². The van der Waals surface area contributed by atoms with Crippen molar-refractivity contribution in [3.8, 4) is 0 Å². The van der Waals surface area contributed by atoms with E-state index in [0.29, 0.717) is 19.6 Å². The number of aliphatic imine (C=N–C) groups is 2. The highest BCUT2D eigenvalue weighted by molar-refractivity contribution is 6.31. The quantitative estimate of drug-likeness (QED) is 0.124. The van der Waals surface area contributed by atoms with Crippen molar-refractivity contribution in [1.82, 2.24) is 15.3 Å². The topological polar surface area (TPSA) is 222 Å². The predicted molar refractivity (Wildman–Crippen MR) is 150 cm³/mol. The molecule has 35 heavy (non-hydrogen) atoms. The molecule has 12 N–H and O–H groups in total. The van der Waals surface area contributed by atoms with Crippen LogP contribution in [0.5, 0.6) is 0 Å². The van der Waals surface area contributed by atoms with Crippen molar-refractivity contribution < 1.29 is 4.79 Å². The van der Waals surface area contributed by atoms with Gasteiger partial charge in [0.1, 0.15) is 0 Å². The van der Waals surface area contributed by atoms with E-state index in [2.05, 4.69) is 42.7 Å². The summed E-state index contributed by atoms with van der Waals surface area (Å²) in [5.41, 5.74) is 29.5. The number of benzene rings is 1. The van der Waals surface area contributed by atoms with Crippen LogP contribution in [0.2, 0.25) is 5.15 Å². The van der Waals surface area contributed by atoms with Crippen LogP contribution in [0.15, 0.2) is 34.3 Å². The number of unbranched alkanes of at least 4 members (excludes halogenated alkanes) is 1. The minimum atomic E-state index is -0.662. The first-order chi connectivity index (χ1) is 15.3. The zero-order valence-electron chi connectivity index (χ0n) is 18.7. The molecule has 0 unspecified atom stereocenters. The van der Waals surface area contributed by atoms with Crippen molar-refractivity contribution >= 4 is 84.0 Å². The number of carbonyl (C=O) groups is 1. The molecular formula is C19H31Cl4N11O. The van der Waals surface area contributed by atoms with Crippen molar-refractivity contribution in [2.75, 3.05) is 36.4 Å². The number of nitrogens with zero attached hydrogens (tertiary/aromatic N) is 4. The number of hydrogen-bond acceptors (Lipinski definition) is 8. The fourth-order valence-corrected chi connectivity index (χ4v) is 2.77. The Morgan fingerprint density at radius 3 is 2.20 bits per heavy atom. The van der Waals surface area contributed by atoms with Crippen molar-refractivity contribution in [2.45, 2.75) is 19.3 Å². The molecule has 0 radical (unpaired) electrons. The number of nitrogens with two attached hydrogens (primary N) is 5. The lowest BCUT2D eigenvalue weighted by molar-refractivity contribution is 0.0972. The SMILES string of the molecule is Cl.Cl.Cl.NC(N)=NCCNc1ccc(CCCCN=C(N)NC(=O)c2nc(Cl)c(N)nc2N)cc1. The Bertz CT molecular complexity index is 984. The van der Waals surface area contributed by atoms with Gasteiger partial charge in [0.05, 0.1) is 6.54 Å². The standard InChI is InChI=1S/C19H28ClN11O.3ClH/c20-14-16(22)30-15(21)13(29-14)17(32)31-19(25)28-8-2-1-3-11-4-6-12(7-5-11)26-9-10-27-18(23)24;;;/h4-7,26H,1-3,8-10H2,(H4,21,22,30)(H4,23,24,27)(H3,25,28,31,32);3*1H. The monoisotopic (exact) mass is 569 g/mol. The van der Waals surface area contributed by atoms with E-state index in [1.807, 2.05) is 12.1 Å². The second kappa shape index (κ2) is 17.5. The maximum Gasteiger partial charge on any atom is 0.280 e. The van der Waals surface area contributed by atoms with Crippen LogP contribution in [-0.2, 0) is 6.42 Å². The largest absolute Gasteiger partial charge is 0.383 e. The molecule has 0 aliphatic rings. The lowest BCUT2D eigenvalue weighted by atomic mass is 10.1. The van der Waals surface area contributed by atoms with Crippen LogP contribution in [0.1, 0.15) is 28.9 Å². The number of rotatable bonds is 10. The Morgan fingerprint density at radius 2 is 1.57 bits per heavy atom. The van der Waals surface area contributed by atoms with Crippen molar-refractivity contribution in [2.24, 2.45) is 27.2 Å². The van der Waals surface area contributed by atoms with E-state index in [4.69, 9.17) is 40.3 Å². The van der Waals surface area contributed by atoms with E-state index >= 15 is 0 Å². The number of aromatic nitrogens is 2. The Balaban J connectivity index is 0. The van der Waals surface area contributed by atoms with Gasteiger partial charge < -0.3 is 34.0 Å². The second-order valence-electron chi connectivity index (χ2n) is 6.74. The third kappa shape index (κ3) is 12.4. The first-order valence-electron chi connectivity index (χ1n) is 9.84. The molecule has 0 saturated carbocycles. The summed E-state index contributed by atoms with van der Waals surface area (Å²) in [5, 5.41) is 5.53. The molecule has 1 aromatic carbocycles. The van der Waals surface area contributed by atoms with Crippen LogP contribution in [0.3, 0.4) is 0 Å². The van der Waals surface area contributed by atoms with Gasteiger partial charge >= 0.3 is 0 Å². The Kier molecular flexibility index (Phi) is 17.1. The van der Waals surface area contributed by atoms with E-state index in [9.17, 15) is 4.79 Å². The van der Waals surface area contributed by atoms with E-state index in [1.54, 1.807) is 0 Å². The highest BCUT2D eigenvalue weighted by atomic mass is 35.5. The summed E-state index contributed by atoms with van der Waals surface area (Å²) < 4.78 is 0. The summed E-state index contributed by atoms with van der Waals surface area (Å²) in [6, 6.07) is 8.14. The van der Waals surface area contributed by atoms with E-state index in [1.165, 1.54) is 5.56 Å². The van der Waals surface area contributed by atoms with Gasteiger partial charge in [-0.2, -0.15) is 0 Å². The first kappa shape index (κ1) is 34.2. The summed E-state index contributed by atoms with van der Waals surface area (Å²) in [4.78, 5) is 27.8. The predicted octanol–water partition coefficient (Wildman–Crippen LogP) is 1.31. The fourth-order valence-electron chi connectivity index (χ4n) is 2.64. The normalized spacial score (nSPS) is 10.1. The summed E-state index contributed by atoms with van der Waals surface area (Å²) in [5.74, 6) is -0.824. The summed E-state index contributed by atoms with van der Waals surface area (Å²) in [6.45, 7) is 1.63. The molecule has 2 aromatic rings. The first-order valence-corrected chi connectivity index (χ1v) is 10.2. The van der Waals surface area contributed by atoms with Crippen molar-refractivity contribution in [3.05, 3.63) is 40.7 Å². The fraction of sp³-hybridized carbons (Fsp3) is 0.316. The van der Waals surface area contributed by atoms with Crippen LogP contribution in [-0.4, -0.2) is 47.4 Å². The Hall–Kier alpha value is -2.93.